The normalized spacial score (nSPS) is 13.6. The van der Waals surface area contributed by atoms with Crippen LogP contribution >= 0.6 is 12.2 Å². The number of nitrogens with one attached hydrogen (secondary N) is 1. The Balaban J connectivity index is 2.16. The van der Waals surface area contributed by atoms with Crippen LogP contribution in [0.4, 0.5) is 0 Å². The maximum atomic E-state index is 5.31. The number of H-pyrrole nitrogens is 1. The quantitative estimate of drug-likeness (QED) is 0.827. The molecule has 0 saturated carbocycles. The zero-order chi connectivity index (χ0) is 12.5. The Bertz CT molecular complexity index is 643. The van der Waals surface area contributed by atoms with E-state index in [0.717, 1.165) is 17.7 Å². The van der Waals surface area contributed by atoms with Crippen molar-refractivity contribution in [1.29, 1.82) is 0 Å². The Morgan fingerprint density at radius 2 is 2.11 bits per heavy atom. The van der Waals surface area contributed by atoms with Gasteiger partial charge in [-0.2, -0.15) is 0 Å². The molecule has 3 rings (SSSR count). The largest absolute Gasteiger partial charge is 0.346 e. The van der Waals surface area contributed by atoms with Gasteiger partial charge in [0, 0.05) is 5.56 Å². The van der Waals surface area contributed by atoms with Crippen LogP contribution in [0.5, 0.6) is 0 Å². The molecule has 0 saturated heterocycles. The van der Waals surface area contributed by atoms with Crippen LogP contribution in [-0.4, -0.2) is 9.97 Å². The summed E-state index contributed by atoms with van der Waals surface area (Å²) in [5.74, 6) is 0. The second-order valence-electron chi connectivity index (χ2n) is 4.75. The van der Waals surface area contributed by atoms with Crippen molar-refractivity contribution in [2.24, 2.45) is 0 Å². The lowest BCUT2D eigenvalue weighted by atomic mass is 10.0. The van der Waals surface area contributed by atoms with E-state index in [2.05, 4.69) is 35.1 Å². The van der Waals surface area contributed by atoms with Gasteiger partial charge in [-0.25, -0.2) is 4.98 Å². The van der Waals surface area contributed by atoms with Gasteiger partial charge < -0.3 is 4.98 Å². The fraction of sp³-hybridized carbons (Fsp3) is 0.333. The van der Waals surface area contributed by atoms with Crippen molar-refractivity contribution < 1.29 is 0 Å². The van der Waals surface area contributed by atoms with Gasteiger partial charge >= 0.3 is 0 Å². The fourth-order valence-electron chi connectivity index (χ4n) is 2.74. The number of benzene rings is 1. The molecule has 1 N–H and O–H groups in total. The summed E-state index contributed by atoms with van der Waals surface area (Å²) in [6.07, 6.45) is 6.32. The molecule has 0 unspecified atom stereocenters. The van der Waals surface area contributed by atoms with Gasteiger partial charge in [0.2, 0.25) is 0 Å². The molecular formula is C15H16N2S. The average molecular weight is 256 g/mol. The first kappa shape index (κ1) is 11.6. The molecule has 0 aliphatic heterocycles. The van der Waals surface area contributed by atoms with E-state index in [1.54, 1.807) is 6.33 Å². The molecule has 3 heteroatoms. The van der Waals surface area contributed by atoms with Crippen LogP contribution in [-0.2, 0) is 19.3 Å². The van der Waals surface area contributed by atoms with Crippen molar-refractivity contribution >= 4 is 12.2 Å². The number of aryl methyl sites for hydroxylation is 2. The molecule has 18 heavy (non-hydrogen) atoms. The van der Waals surface area contributed by atoms with Gasteiger partial charge in [0.15, 0.2) is 0 Å². The maximum absolute atomic E-state index is 5.31. The second-order valence-corrected chi connectivity index (χ2v) is 5.14. The van der Waals surface area contributed by atoms with Crippen LogP contribution in [0.3, 0.4) is 0 Å². The van der Waals surface area contributed by atoms with Crippen LogP contribution in [0.2, 0.25) is 0 Å². The molecule has 1 aromatic carbocycles. The monoisotopic (exact) mass is 256 g/mol. The first-order valence-corrected chi connectivity index (χ1v) is 6.89. The number of hydrogen-bond donors (Lipinski definition) is 1. The maximum Gasteiger partial charge on any atom is 0.133 e. The Morgan fingerprint density at radius 3 is 2.94 bits per heavy atom. The fourth-order valence-corrected chi connectivity index (χ4v) is 3.04. The lowest BCUT2D eigenvalue weighted by Crippen LogP contribution is -1.96. The Kier molecular flexibility index (Phi) is 3.00. The Labute approximate surface area is 112 Å². The number of fused-ring (bicyclic) bond motifs is 1. The van der Waals surface area contributed by atoms with Crippen molar-refractivity contribution in [1.82, 2.24) is 9.97 Å². The lowest BCUT2D eigenvalue weighted by molar-refractivity contribution is 0.912. The van der Waals surface area contributed by atoms with Crippen LogP contribution in [0.1, 0.15) is 30.0 Å². The van der Waals surface area contributed by atoms with Crippen molar-refractivity contribution in [2.45, 2.75) is 32.6 Å². The van der Waals surface area contributed by atoms with E-state index in [1.807, 2.05) is 0 Å². The summed E-state index contributed by atoms with van der Waals surface area (Å²) in [6, 6.07) is 6.76. The summed E-state index contributed by atoms with van der Waals surface area (Å²) in [6.45, 7) is 2.12. The molecule has 0 atom stereocenters. The molecular weight excluding hydrogens is 240 g/mol. The third-order valence-electron chi connectivity index (χ3n) is 3.69. The number of rotatable bonds is 2. The highest BCUT2D eigenvalue weighted by molar-refractivity contribution is 7.71. The van der Waals surface area contributed by atoms with Gasteiger partial charge in [0.25, 0.3) is 0 Å². The van der Waals surface area contributed by atoms with E-state index in [4.69, 9.17) is 12.2 Å². The molecule has 0 bridgehead atoms. The van der Waals surface area contributed by atoms with Crippen LogP contribution < -0.4 is 0 Å². The van der Waals surface area contributed by atoms with Gasteiger partial charge in [0.1, 0.15) is 4.64 Å². The van der Waals surface area contributed by atoms with Gasteiger partial charge in [-0.15, -0.1) is 0 Å². The van der Waals surface area contributed by atoms with E-state index in [-0.39, 0.29) is 0 Å². The highest BCUT2D eigenvalue weighted by atomic mass is 32.1. The van der Waals surface area contributed by atoms with Gasteiger partial charge in [-0.05, 0) is 48.4 Å². The van der Waals surface area contributed by atoms with Gasteiger partial charge in [-0.1, -0.05) is 31.3 Å². The smallest absolute Gasteiger partial charge is 0.133 e. The topological polar surface area (TPSA) is 28.7 Å². The molecule has 1 heterocycles. The summed E-state index contributed by atoms with van der Waals surface area (Å²) in [5.41, 5.74) is 6.51. The van der Waals surface area contributed by atoms with E-state index in [9.17, 15) is 0 Å². The SMILES string of the molecule is CCc1c(-c2ccc3c(c2)CCC3)[nH]cnc1=S. The lowest BCUT2D eigenvalue weighted by Gasteiger charge is -2.09. The van der Waals surface area contributed by atoms with Crippen LogP contribution in [0.15, 0.2) is 24.5 Å². The number of nitrogens with zero attached hydrogens (tertiary/aromatic N) is 1. The molecule has 1 aliphatic carbocycles. The summed E-state index contributed by atoms with van der Waals surface area (Å²) in [4.78, 5) is 7.43. The van der Waals surface area contributed by atoms with Crippen LogP contribution in [0, 0.1) is 4.64 Å². The number of aromatic nitrogens is 2. The molecule has 1 aromatic heterocycles. The Morgan fingerprint density at radius 1 is 1.28 bits per heavy atom. The molecule has 2 aromatic rings. The zero-order valence-corrected chi connectivity index (χ0v) is 11.3. The summed E-state index contributed by atoms with van der Waals surface area (Å²) >= 11 is 5.31. The van der Waals surface area contributed by atoms with E-state index >= 15 is 0 Å². The summed E-state index contributed by atoms with van der Waals surface area (Å²) in [5, 5.41) is 0. The van der Waals surface area contributed by atoms with Crippen LogP contribution in [0.25, 0.3) is 11.3 Å². The van der Waals surface area contributed by atoms with Crippen molar-refractivity contribution in [3.8, 4) is 11.3 Å². The molecule has 2 nitrogen and oxygen atoms in total. The summed E-state index contributed by atoms with van der Waals surface area (Å²) < 4.78 is 0.715. The van der Waals surface area contributed by atoms with E-state index in [1.165, 1.54) is 36.0 Å². The second kappa shape index (κ2) is 4.65. The Hall–Kier alpha value is -1.48. The minimum absolute atomic E-state index is 0.715. The predicted octanol–water partition coefficient (Wildman–Crippen LogP) is 3.86. The number of hydrogen-bond acceptors (Lipinski definition) is 2. The highest BCUT2D eigenvalue weighted by Gasteiger charge is 2.13. The van der Waals surface area contributed by atoms with E-state index in [0.29, 0.717) is 4.64 Å². The van der Waals surface area contributed by atoms with Gasteiger partial charge in [0.05, 0.1) is 12.0 Å². The first-order chi connectivity index (χ1) is 8.79. The average Bonchev–Trinajstić information content (AvgIpc) is 2.85. The minimum Gasteiger partial charge on any atom is -0.346 e. The third kappa shape index (κ3) is 1.89. The van der Waals surface area contributed by atoms with Gasteiger partial charge in [-0.3, -0.25) is 0 Å². The molecule has 1 aliphatic rings. The zero-order valence-electron chi connectivity index (χ0n) is 10.5. The van der Waals surface area contributed by atoms with E-state index < -0.39 is 0 Å². The minimum atomic E-state index is 0.715. The van der Waals surface area contributed by atoms with Crippen molar-refractivity contribution in [3.05, 3.63) is 45.9 Å². The first-order valence-electron chi connectivity index (χ1n) is 6.48. The summed E-state index contributed by atoms with van der Waals surface area (Å²) in [7, 11) is 0. The van der Waals surface area contributed by atoms with Crippen molar-refractivity contribution in [3.63, 3.8) is 0 Å². The predicted molar refractivity (Wildman–Crippen MR) is 76.3 cm³/mol. The molecule has 0 radical (unpaired) electrons. The molecule has 92 valence electrons. The molecule has 0 fully saturated rings. The molecule has 0 amide bonds. The standard InChI is InChI=1S/C15H16N2S/c1-2-13-14(16-9-17-15(13)18)12-7-6-10-4-3-5-11(10)8-12/h6-9H,2-5H2,1H3,(H,16,17,18). The third-order valence-corrected chi connectivity index (χ3v) is 4.04. The number of aromatic amines is 1. The highest BCUT2D eigenvalue weighted by Crippen LogP contribution is 2.28. The molecule has 0 spiro atoms. The van der Waals surface area contributed by atoms with Crippen molar-refractivity contribution in [2.75, 3.05) is 0 Å².